The summed E-state index contributed by atoms with van der Waals surface area (Å²) in [6.45, 7) is 6.32. The second-order valence-electron chi connectivity index (χ2n) is 9.68. The van der Waals surface area contributed by atoms with Gasteiger partial charge >= 0.3 is 0 Å². The van der Waals surface area contributed by atoms with E-state index < -0.39 is 0 Å². The number of aryl methyl sites for hydroxylation is 1. The molecule has 4 heteroatoms. The van der Waals surface area contributed by atoms with E-state index in [2.05, 4.69) is 30.9 Å². The van der Waals surface area contributed by atoms with Crippen LogP contribution in [-0.4, -0.2) is 47.8 Å². The fourth-order valence-corrected chi connectivity index (χ4v) is 5.46. The van der Waals surface area contributed by atoms with Gasteiger partial charge in [-0.1, -0.05) is 78.9 Å². The van der Waals surface area contributed by atoms with Crippen LogP contribution in [0, 0.1) is 25.7 Å². The summed E-state index contributed by atoms with van der Waals surface area (Å²) in [6.07, 6.45) is 1.55. The summed E-state index contributed by atoms with van der Waals surface area (Å²) in [5.74, 6) is -0.690. The molecule has 3 atom stereocenters. The number of hydrogen-bond donors (Lipinski definition) is 1. The van der Waals surface area contributed by atoms with Crippen LogP contribution in [-0.2, 0) is 0 Å². The molecule has 182 valence electrons. The summed E-state index contributed by atoms with van der Waals surface area (Å²) in [5.41, 5.74) is 4.81. The monoisotopic (exact) mass is 469 g/mol. The summed E-state index contributed by atoms with van der Waals surface area (Å²) in [7, 11) is 0. The van der Waals surface area contributed by atoms with Crippen molar-refractivity contribution in [2.75, 3.05) is 26.2 Å². The van der Waals surface area contributed by atoms with Crippen molar-refractivity contribution in [2.45, 2.75) is 32.6 Å². The number of benzene rings is 3. The van der Waals surface area contributed by atoms with Crippen LogP contribution in [0.4, 0.5) is 0 Å². The first kappa shape index (κ1) is 25.0. The van der Waals surface area contributed by atoms with Crippen molar-refractivity contribution in [3.63, 3.8) is 0 Å². The van der Waals surface area contributed by atoms with E-state index in [1.165, 1.54) is 5.56 Å². The van der Waals surface area contributed by atoms with Gasteiger partial charge in [0.05, 0.1) is 0 Å². The summed E-state index contributed by atoms with van der Waals surface area (Å²) < 4.78 is 0. The van der Waals surface area contributed by atoms with Crippen LogP contribution in [0.3, 0.4) is 0 Å². The van der Waals surface area contributed by atoms with E-state index in [9.17, 15) is 14.7 Å². The summed E-state index contributed by atoms with van der Waals surface area (Å²) in [6, 6.07) is 25.2. The molecule has 1 unspecified atom stereocenters. The average molecular weight is 470 g/mol. The van der Waals surface area contributed by atoms with E-state index in [-0.39, 0.29) is 35.9 Å². The van der Waals surface area contributed by atoms with Gasteiger partial charge in [0.2, 0.25) is 0 Å². The number of hydrogen-bond acceptors (Lipinski definition) is 4. The number of nitrogens with zero attached hydrogens (tertiary/aromatic N) is 1. The maximum Gasteiger partial charge on any atom is 0.167 e. The third kappa shape index (κ3) is 5.61. The van der Waals surface area contributed by atoms with E-state index in [0.717, 1.165) is 24.1 Å². The Morgan fingerprint density at radius 3 is 1.83 bits per heavy atom. The molecule has 0 aliphatic carbocycles. The lowest BCUT2D eigenvalue weighted by atomic mass is 9.67. The predicted octanol–water partition coefficient (Wildman–Crippen LogP) is 5.47. The molecular weight excluding hydrogens is 434 g/mol. The van der Waals surface area contributed by atoms with E-state index in [0.29, 0.717) is 30.6 Å². The third-order valence-electron chi connectivity index (χ3n) is 7.46. The Bertz CT molecular complexity index is 1080. The Hall–Kier alpha value is -3.08. The Balaban J connectivity index is 1.81. The third-order valence-corrected chi connectivity index (χ3v) is 7.46. The smallest absolute Gasteiger partial charge is 0.167 e. The maximum absolute atomic E-state index is 14.0. The van der Waals surface area contributed by atoms with Crippen molar-refractivity contribution in [1.82, 2.24) is 4.90 Å². The molecular formula is C31H35NO3. The number of carbonyl (C=O) groups excluding carboxylic acids is 2. The number of piperidine rings is 1. The van der Waals surface area contributed by atoms with Gasteiger partial charge in [-0.05, 0) is 49.9 Å². The molecule has 4 nitrogen and oxygen atoms in total. The summed E-state index contributed by atoms with van der Waals surface area (Å²) >= 11 is 0. The highest BCUT2D eigenvalue weighted by Gasteiger charge is 2.45. The number of aliphatic hydroxyl groups is 1. The van der Waals surface area contributed by atoms with Crippen molar-refractivity contribution >= 4 is 11.6 Å². The van der Waals surface area contributed by atoms with Gasteiger partial charge in [0.25, 0.3) is 0 Å². The summed E-state index contributed by atoms with van der Waals surface area (Å²) in [4.78, 5) is 30.2. The minimum absolute atomic E-state index is 0.0919. The minimum atomic E-state index is -0.335. The molecule has 3 aromatic carbocycles. The standard InChI is InChI=1S/C31H35NO3/c1-22-12-11-17-26(23(22)2)29-27(30(34)24-13-5-3-6-14-24)20-32(18-9-10-19-33)21-28(29)31(35)25-15-7-4-8-16-25/h3-8,11-17,27-29,33H,9-10,18-21H2,1-2H3/t27-,28+,29?. The Kier molecular flexibility index (Phi) is 8.27. The van der Waals surface area contributed by atoms with Gasteiger partial charge < -0.3 is 10.0 Å². The van der Waals surface area contributed by atoms with Gasteiger partial charge in [-0.25, -0.2) is 0 Å². The average Bonchev–Trinajstić information content (AvgIpc) is 2.90. The number of ketones is 2. The van der Waals surface area contributed by atoms with Gasteiger partial charge in [0.1, 0.15) is 0 Å². The van der Waals surface area contributed by atoms with E-state index in [1.807, 2.05) is 66.7 Å². The van der Waals surface area contributed by atoms with Crippen LogP contribution in [0.5, 0.6) is 0 Å². The van der Waals surface area contributed by atoms with Crippen molar-refractivity contribution < 1.29 is 14.7 Å². The fraction of sp³-hybridized carbons (Fsp3) is 0.355. The zero-order chi connectivity index (χ0) is 24.8. The molecule has 1 saturated heterocycles. The molecule has 35 heavy (non-hydrogen) atoms. The zero-order valence-electron chi connectivity index (χ0n) is 20.7. The molecule has 0 aromatic heterocycles. The number of aliphatic hydroxyl groups excluding tert-OH is 1. The predicted molar refractivity (Wildman–Crippen MR) is 140 cm³/mol. The molecule has 0 amide bonds. The van der Waals surface area contributed by atoms with Crippen LogP contribution < -0.4 is 0 Å². The van der Waals surface area contributed by atoms with Crippen LogP contribution in [0.1, 0.15) is 56.2 Å². The lowest BCUT2D eigenvalue weighted by molar-refractivity contribution is 0.0565. The highest BCUT2D eigenvalue weighted by molar-refractivity contribution is 6.02. The number of likely N-dealkylation sites (tertiary alicyclic amines) is 1. The number of rotatable bonds is 9. The van der Waals surface area contributed by atoms with Crippen molar-refractivity contribution in [2.24, 2.45) is 11.8 Å². The molecule has 3 aromatic rings. The van der Waals surface area contributed by atoms with Gasteiger partial charge in [0, 0.05) is 48.6 Å². The SMILES string of the molecule is Cc1cccc(C2[C@@H](C(=O)c3ccccc3)CN(CCCCO)C[C@H]2C(=O)c2ccccc2)c1C. The Labute approximate surface area is 208 Å². The molecule has 0 spiro atoms. The van der Waals surface area contributed by atoms with Crippen LogP contribution in [0.2, 0.25) is 0 Å². The largest absolute Gasteiger partial charge is 0.396 e. The van der Waals surface area contributed by atoms with Crippen molar-refractivity contribution in [3.8, 4) is 0 Å². The minimum Gasteiger partial charge on any atom is -0.396 e. The topological polar surface area (TPSA) is 57.6 Å². The molecule has 1 fully saturated rings. The molecule has 0 bridgehead atoms. The number of Topliss-reactive ketones (excluding diaryl/α,β-unsaturated/α-hetero) is 2. The molecule has 1 heterocycles. The van der Waals surface area contributed by atoms with E-state index in [4.69, 9.17) is 0 Å². The van der Waals surface area contributed by atoms with Crippen LogP contribution in [0.25, 0.3) is 0 Å². The van der Waals surface area contributed by atoms with E-state index >= 15 is 0 Å². The van der Waals surface area contributed by atoms with Gasteiger partial charge in [0.15, 0.2) is 11.6 Å². The fourth-order valence-electron chi connectivity index (χ4n) is 5.46. The molecule has 0 radical (unpaired) electrons. The lowest BCUT2D eigenvalue weighted by Gasteiger charge is -2.43. The van der Waals surface area contributed by atoms with Crippen molar-refractivity contribution in [1.29, 1.82) is 0 Å². The highest BCUT2D eigenvalue weighted by Crippen LogP contribution is 2.42. The molecule has 1 N–H and O–H groups in total. The molecule has 1 aliphatic rings. The first-order valence-corrected chi connectivity index (χ1v) is 12.6. The van der Waals surface area contributed by atoms with E-state index in [1.54, 1.807) is 0 Å². The second kappa shape index (κ2) is 11.6. The second-order valence-corrected chi connectivity index (χ2v) is 9.68. The van der Waals surface area contributed by atoms with Gasteiger partial charge in [-0.2, -0.15) is 0 Å². The quantitative estimate of drug-likeness (QED) is 0.333. The number of unbranched alkanes of at least 4 members (excludes halogenated alkanes) is 1. The normalized spacial score (nSPS) is 20.5. The summed E-state index contributed by atoms with van der Waals surface area (Å²) in [5, 5.41) is 9.29. The van der Waals surface area contributed by atoms with Gasteiger partial charge in [-0.3, -0.25) is 9.59 Å². The van der Waals surface area contributed by atoms with Crippen LogP contribution in [0.15, 0.2) is 78.9 Å². The molecule has 0 saturated carbocycles. The molecule has 4 rings (SSSR count). The highest BCUT2D eigenvalue weighted by atomic mass is 16.3. The number of carbonyl (C=O) groups is 2. The first-order valence-electron chi connectivity index (χ1n) is 12.6. The Morgan fingerprint density at radius 2 is 1.31 bits per heavy atom. The zero-order valence-corrected chi connectivity index (χ0v) is 20.7. The Morgan fingerprint density at radius 1 is 0.771 bits per heavy atom. The lowest BCUT2D eigenvalue weighted by Crippen LogP contribution is -2.50. The maximum atomic E-state index is 14.0. The van der Waals surface area contributed by atoms with Crippen LogP contribution >= 0.6 is 0 Å². The van der Waals surface area contributed by atoms with Gasteiger partial charge in [-0.15, -0.1) is 0 Å². The first-order chi connectivity index (χ1) is 17.0. The van der Waals surface area contributed by atoms with Crippen molar-refractivity contribution in [3.05, 3.63) is 107 Å². The molecule has 1 aliphatic heterocycles.